The highest BCUT2D eigenvalue weighted by atomic mass is 35.5. The molecular formula is C20H29ClN6O. The number of piperidine rings is 1. The van der Waals surface area contributed by atoms with Crippen LogP contribution in [0.15, 0.2) is 30.3 Å². The summed E-state index contributed by atoms with van der Waals surface area (Å²) in [5, 5.41) is 16.4. The number of hydrogen-bond donors (Lipinski definition) is 1. The van der Waals surface area contributed by atoms with Crippen LogP contribution in [0.4, 0.5) is 0 Å². The molecule has 0 radical (unpaired) electrons. The van der Waals surface area contributed by atoms with Crippen molar-refractivity contribution in [3.8, 4) is 11.4 Å². The van der Waals surface area contributed by atoms with E-state index in [-0.39, 0.29) is 24.2 Å². The monoisotopic (exact) mass is 404 g/mol. The summed E-state index contributed by atoms with van der Waals surface area (Å²) in [6, 6.07) is 9.34. The van der Waals surface area contributed by atoms with Gasteiger partial charge < -0.3 is 10.2 Å². The van der Waals surface area contributed by atoms with Crippen molar-refractivity contribution in [3.05, 3.63) is 30.3 Å². The number of nitrogens with one attached hydrogen (secondary N) is 1. The summed E-state index contributed by atoms with van der Waals surface area (Å²) in [6.45, 7) is 7.93. The van der Waals surface area contributed by atoms with E-state index in [0.717, 1.165) is 44.6 Å². The standard InChI is InChI=1S/C20H28N6O.ClH/c1-15(2)17(26-23-18(22-24-26)16-6-4-3-5-7-16)19(27)25-12-9-20(10-13-25)8-11-21-14-20;/h3-7,15,17,21H,8-14H2,1-2H3;1H. The highest BCUT2D eigenvalue weighted by Gasteiger charge is 2.40. The third-order valence-electron chi connectivity index (χ3n) is 6.06. The number of aromatic nitrogens is 4. The molecule has 4 rings (SSSR count). The maximum Gasteiger partial charge on any atom is 0.249 e. The first-order valence-corrected chi connectivity index (χ1v) is 9.92. The molecule has 28 heavy (non-hydrogen) atoms. The van der Waals surface area contributed by atoms with Crippen molar-refractivity contribution in [1.82, 2.24) is 30.4 Å². The molecule has 2 saturated heterocycles. The highest BCUT2D eigenvalue weighted by molar-refractivity contribution is 5.85. The highest BCUT2D eigenvalue weighted by Crippen LogP contribution is 2.37. The smallest absolute Gasteiger partial charge is 0.249 e. The average molecular weight is 405 g/mol. The fourth-order valence-corrected chi connectivity index (χ4v) is 4.31. The number of halogens is 1. The molecule has 0 saturated carbocycles. The number of nitrogens with zero attached hydrogens (tertiary/aromatic N) is 5. The van der Waals surface area contributed by atoms with Gasteiger partial charge in [-0.1, -0.05) is 44.2 Å². The van der Waals surface area contributed by atoms with Crippen LogP contribution in [0.5, 0.6) is 0 Å². The first-order valence-electron chi connectivity index (χ1n) is 9.92. The zero-order valence-electron chi connectivity index (χ0n) is 16.5. The van der Waals surface area contributed by atoms with Crippen molar-refractivity contribution in [1.29, 1.82) is 0 Å². The van der Waals surface area contributed by atoms with E-state index in [4.69, 9.17) is 0 Å². The second-order valence-corrected chi connectivity index (χ2v) is 8.24. The summed E-state index contributed by atoms with van der Waals surface area (Å²) in [5.74, 6) is 0.769. The van der Waals surface area contributed by atoms with Crippen LogP contribution in [0.2, 0.25) is 0 Å². The van der Waals surface area contributed by atoms with Crippen LogP contribution in [0.3, 0.4) is 0 Å². The molecule has 2 aliphatic heterocycles. The molecule has 0 bridgehead atoms. The lowest BCUT2D eigenvalue weighted by Gasteiger charge is -2.40. The molecule has 2 aromatic rings. The van der Waals surface area contributed by atoms with Crippen molar-refractivity contribution in [3.63, 3.8) is 0 Å². The third-order valence-corrected chi connectivity index (χ3v) is 6.06. The van der Waals surface area contributed by atoms with E-state index in [0.29, 0.717) is 11.2 Å². The topological polar surface area (TPSA) is 75.9 Å². The molecule has 1 aromatic heterocycles. The SMILES string of the molecule is CC(C)C(C(=O)N1CCC2(CCNC2)CC1)n1nnc(-c2ccccc2)n1.Cl. The van der Waals surface area contributed by atoms with Gasteiger partial charge in [0.1, 0.15) is 0 Å². The lowest BCUT2D eigenvalue weighted by molar-refractivity contribution is -0.139. The molecule has 1 spiro atoms. The van der Waals surface area contributed by atoms with Gasteiger partial charge in [-0.05, 0) is 42.4 Å². The minimum Gasteiger partial charge on any atom is -0.341 e. The van der Waals surface area contributed by atoms with E-state index >= 15 is 0 Å². The Kier molecular flexibility index (Phi) is 6.35. The van der Waals surface area contributed by atoms with Crippen LogP contribution < -0.4 is 5.32 Å². The summed E-state index contributed by atoms with van der Waals surface area (Å²) in [4.78, 5) is 16.8. The molecule has 2 fully saturated rings. The number of tetrazole rings is 1. The van der Waals surface area contributed by atoms with Gasteiger partial charge >= 0.3 is 0 Å². The van der Waals surface area contributed by atoms with Gasteiger partial charge in [0.15, 0.2) is 6.04 Å². The number of amides is 1. The minimum absolute atomic E-state index is 0. The van der Waals surface area contributed by atoms with E-state index in [2.05, 4.69) is 20.7 Å². The number of rotatable bonds is 4. The molecule has 7 nitrogen and oxygen atoms in total. The molecule has 1 amide bonds. The molecule has 152 valence electrons. The number of likely N-dealkylation sites (tertiary alicyclic amines) is 1. The Balaban J connectivity index is 0.00000225. The minimum atomic E-state index is -0.411. The quantitative estimate of drug-likeness (QED) is 0.847. The Hall–Kier alpha value is -1.99. The lowest BCUT2D eigenvalue weighted by atomic mass is 9.77. The van der Waals surface area contributed by atoms with Crippen LogP contribution in [0, 0.1) is 11.3 Å². The van der Waals surface area contributed by atoms with Crippen molar-refractivity contribution in [2.24, 2.45) is 11.3 Å². The summed E-state index contributed by atoms with van der Waals surface area (Å²) < 4.78 is 0. The van der Waals surface area contributed by atoms with E-state index in [1.165, 1.54) is 11.2 Å². The van der Waals surface area contributed by atoms with Gasteiger partial charge in [-0.25, -0.2) is 0 Å². The van der Waals surface area contributed by atoms with Gasteiger partial charge in [-0.3, -0.25) is 4.79 Å². The number of carbonyl (C=O) groups excluding carboxylic acids is 1. The predicted molar refractivity (Wildman–Crippen MR) is 110 cm³/mol. The van der Waals surface area contributed by atoms with Crippen molar-refractivity contribution < 1.29 is 4.79 Å². The molecule has 1 N–H and O–H groups in total. The third kappa shape index (κ3) is 4.05. The molecule has 0 aliphatic carbocycles. The Labute approximate surface area is 172 Å². The van der Waals surface area contributed by atoms with Crippen LogP contribution in [0.1, 0.15) is 39.2 Å². The predicted octanol–water partition coefficient (Wildman–Crippen LogP) is 2.56. The first kappa shape index (κ1) is 20.7. The summed E-state index contributed by atoms with van der Waals surface area (Å²) in [6.07, 6.45) is 3.39. The Morgan fingerprint density at radius 3 is 2.46 bits per heavy atom. The zero-order chi connectivity index (χ0) is 18.9. The van der Waals surface area contributed by atoms with E-state index in [1.807, 2.05) is 49.1 Å². The zero-order valence-corrected chi connectivity index (χ0v) is 17.4. The molecule has 8 heteroatoms. The molecular weight excluding hydrogens is 376 g/mol. The fourth-order valence-electron chi connectivity index (χ4n) is 4.31. The maximum absolute atomic E-state index is 13.3. The van der Waals surface area contributed by atoms with E-state index in [9.17, 15) is 4.79 Å². The maximum atomic E-state index is 13.3. The van der Waals surface area contributed by atoms with Gasteiger partial charge in [0.05, 0.1) is 0 Å². The van der Waals surface area contributed by atoms with Gasteiger partial charge in [0.2, 0.25) is 11.7 Å². The van der Waals surface area contributed by atoms with Crippen LogP contribution in [-0.4, -0.2) is 57.2 Å². The molecule has 1 aromatic carbocycles. The molecule has 1 atom stereocenters. The number of carbonyl (C=O) groups is 1. The summed E-state index contributed by atoms with van der Waals surface area (Å²) in [7, 11) is 0. The molecule has 3 heterocycles. The second kappa shape index (κ2) is 8.57. The Morgan fingerprint density at radius 1 is 1.14 bits per heavy atom. The molecule has 1 unspecified atom stereocenters. The van der Waals surface area contributed by atoms with Crippen LogP contribution >= 0.6 is 12.4 Å². The van der Waals surface area contributed by atoms with E-state index in [1.54, 1.807) is 0 Å². The van der Waals surface area contributed by atoms with E-state index < -0.39 is 6.04 Å². The second-order valence-electron chi connectivity index (χ2n) is 8.24. The lowest BCUT2D eigenvalue weighted by Crippen LogP contribution is -2.47. The normalized spacial score (nSPS) is 19.6. The average Bonchev–Trinajstić information content (AvgIpc) is 3.33. The van der Waals surface area contributed by atoms with Crippen LogP contribution in [-0.2, 0) is 4.79 Å². The van der Waals surface area contributed by atoms with Gasteiger partial charge in [-0.2, -0.15) is 4.80 Å². The van der Waals surface area contributed by atoms with Gasteiger partial charge in [0, 0.05) is 25.2 Å². The van der Waals surface area contributed by atoms with Crippen molar-refractivity contribution >= 4 is 18.3 Å². The fraction of sp³-hybridized carbons (Fsp3) is 0.600. The summed E-state index contributed by atoms with van der Waals surface area (Å²) in [5.41, 5.74) is 1.31. The Bertz CT molecular complexity index is 777. The Morgan fingerprint density at radius 2 is 1.86 bits per heavy atom. The van der Waals surface area contributed by atoms with Crippen LogP contribution in [0.25, 0.3) is 11.4 Å². The number of hydrogen-bond acceptors (Lipinski definition) is 5. The number of benzene rings is 1. The van der Waals surface area contributed by atoms with Gasteiger partial charge in [-0.15, -0.1) is 22.6 Å². The molecule has 2 aliphatic rings. The van der Waals surface area contributed by atoms with Crippen molar-refractivity contribution in [2.75, 3.05) is 26.2 Å². The van der Waals surface area contributed by atoms with Crippen molar-refractivity contribution in [2.45, 2.75) is 39.2 Å². The van der Waals surface area contributed by atoms with Gasteiger partial charge in [0.25, 0.3) is 0 Å². The largest absolute Gasteiger partial charge is 0.341 e. The summed E-state index contributed by atoms with van der Waals surface area (Å²) >= 11 is 0. The first-order chi connectivity index (χ1) is 13.1.